The van der Waals surface area contributed by atoms with Crippen LogP contribution >= 0.6 is 0 Å². The zero-order chi connectivity index (χ0) is 20.1. The summed E-state index contributed by atoms with van der Waals surface area (Å²) in [4.78, 5) is 11.9. The predicted molar refractivity (Wildman–Crippen MR) is 108 cm³/mol. The third kappa shape index (κ3) is 4.49. The molecule has 3 rings (SSSR count). The van der Waals surface area contributed by atoms with Crippen molar-refractivity contribution in [2.24, 2.45) is 0 Å². The van der Waals surface area contributed by atoms with Crippen LogP contribution < -0.4 is 5.32 Å². The number of aromatic carboxylic acids is 1. The van der Waals surface area contributed by atoms with E-state index in [2.05, 4.69) is 17.4 Å². The molecule has 2 aromatic carbocycles. The van der Waals surface area contributed by atoms with Crippen LogP contribution in [0, 0.1) is 19.7 Å². The Labute approximate surface area is 164 Å². The summed E-state index contributed by atoms with van der Waals surface area (Å²) in [5.74, 6) is -1.22. The van der Waals surface area contributed by atoms with E-state index < -0.39 is 5.97 Å². The summed E-state index contributed by atoms with van der Waals surface area (Å²) >= 11 is 0. The van der Waals surface area contributed by atoms with Crippen LogP contribution in [0.25, 0.3) is 0 Å². The topological polar surface area (TPSA) is 54.3 Å². The van der Waals surface area contributed by atoms with Crippen molar-refractivity contribution < 1.29 is 14.3 Å². The third-order valence-corrected chi connectivity index (χ3v) is 5.09. The van der Waals surface area contributed by atoms with E-state index in [9.17, 15) is 14.3 Å². The molecule has 0 saturated heterocycles. The van der Waals surface area contributed by atoms with E-state index in [-0.39, 0.29) is 5.82 Å². The molecule has 3 aromatic rings. The number of carboxylic acid groups (broad SMARTS) is 1. The zero-order valence-electron chi connectivity index (χ0n) is 16.2. The maximum atomic E-state index is 13.5. The molecule has 0 unspecified atom stereocenters. The van der Waals surface area contributed by atoms with Crippen LogP contribution in [0.3, 0.4) is 0 Å². The molecule has 0 aliphatic heterocycles. The SMILES string of the molecule is Cc1c(CNCCc2ccccc2)c(C(=O)O)c(C)n1Cc1cccc(F)c1. The van der Waals surface area contributed by atoms with Gasteiger partial charge in [-0.1, -0.05) is 42.5 Å². The molecule has 0 saturated carbocycles. The molecule has 2 N–H and O–H groups in total. The molecule has 1 aromatic heterocycles. The van der Waals surface area contributed by atoms with Gasteiger partial charge in [-0.05, 0) is 50.1 Å². The minimum Gasteiger partial charge on any atom is -0.478 e. The number of hydrogen-bond donors (Lipinski definition) is 2. The number of nitrogens with zero attached hydrogens (tertiary/aromatic N) is 1. The van der Waals surface area contributed by atoms with Gasteiger partial charge in [0.1, 0.15) is 5.82 Å². The number of aromatic nitrogens is 1. The Balaban J connectivity index is 1.77. The third-order valence-electron chi connectivity index (χ3n) is 5.09. The second kappa shape index (κ2) is 8.85. The van der Waals surface area contributed by atoms with Crippen molar-refractivity contribution in [1.82, 2.24) is 9.88 Å². The summed E-state index contributed by atoms with van der Waals surface area (Å²) < 4.78 is 15.5. The number of rotatable bonds is 8. The van der Waals surface area contributed by atoms with Gasteiger partial charge in [0, 0.05) is 30.0 Å². The standard InChI is InChI=1S/C23H25FN2O2/c1-16-21(14-25-12-11-18-7-4-3-5-8-18)22(23(27)28)17(2)26(16)15-19-9-6-10-20(24)13-19/h3-10,13,25H,11-12,14-15H2,1-2H3,(H,27,28). The molecular formula is C23H25FN2O2. The Kier molecular flexibility index (Phi) is 6.26. The first kappa shape index (κ1) is 19.8. The van der Waals surface area contributed by atoms with Gasteiger partial charge in [-0.25, -0.2) is 9.18 Å². The molecule has 0 fully saturated rings. The minimum atomic E-state index is -0.932. The Hall–Kier alpha value is -2.92. The average molecular weight is 380 g/mol. The Morgan fingerprint density at radius 2 is 1.75 bits per heavy atom. The summed E-state index contributed by atoms with van der Waals surface area (Å²) in [6.45, 7) is 5.42. The van der Waals surface area contributed by atoms with Gasteiger partial charge in [0.2, 0.25) is 0 Å². The smallest absolute Gasteiger partial charge is 0.337 e. The molecule has 0 spiro atoms. The van der Waals surface area contributed by atoms with E-state index in [1.165, 1.54) is 17.7 Å². The summed E-state index contributed by atoms with van der Waals surface area (Å²) in [5, 5.41) is 13.1. The van der Waals surface area contributed by atoms with Gasteiger partial charge < -0.3 is 15.0 Å². The highest BCUT2D eigenvalue weighted by Gasteiger charge is 2.22. The Morgan fingerprint density at radius 1 is 1.04 bits per heavy atom. The molecule has 0 radical (unpaired) electrons. The summed E-state index contributed by atoms with van der Waals surface area (Å²) in [7, 11) is 0. The van der Waals surface area contributed by atoms with Crippen molar-refractivity contribution in [1.29, 1.82) is 0 Å². The fourth-order valence-electron chi connectivity index (χ4n) is 3.59. The number of hydrogen-bond acceptors (Lipinski definition) is 2. The monoisotopic (exact) mass is 380 g/mol. The maximum Gasteiger partial charge on any atom is 0.337 e. The molecule has 28 heavy (non-hydrogen) atoms. The van der Waals surface area contributed by atoms with Gasteiger partial charge >= 0.3 is 5.97 Å². The lowest BCUT2D eigenvalue weighted by molar-refractivity contribution is 0.0694. The molecule has 5 heteroatoms. The number of benzene rings is 2. The Bertz CT molecular complexity index is 964. The largest absolute Gasteiger partial charge is 0.478 e. The first-order valence-corrected chi connectivity index (χ1v) is 9.38. The van der Waals surface area contributed by atoms with E-state index in [0.717, 1.165) is 29.8 Å². The molecule has 0 aliphatic rings. The van der Waals surface area contributed by atoms with Crippen molar-refractivity contribution in [2.45, 2.75) is 33.4 Å². The van der Waals surface area contributed by atoms with E-state index in [1.807, 2.05) is 42.7 Å². The highest BCUT2D eigenvalue weighted by Crippen LogP contribution is 2.24. The summed E-state index contributed by atoms with van der Waals surface area (Å²) in [6.07, 6.45) is 0.880. The lowest BCUT2D eigenvalue weighted by Gasteiger charge is -2.10. The zero-order valence-corrected chi connectivity index (χ0v) is 16.2. The number of nitrogens with one attached hydrogen (secondary N) is 1. The van der Waals surface area contributed by atoms with Gasteiger partial charge in [0.05, 0.1) is 5.56 Å². The van der Waals surface area contributed by atoms with Crippen molar-refractivity contribution >= 4 is 5.97 Å². The van der Waals surface area contributed by atoms with Crippen LogP contribution in [0.4, 0.5) is 4.39 Å². The van der Waals surface area contributed by atoms with Gasteiger partial charge in [0.25, 0.3) is 0 Å². The molecule has 146 valence electrons. The quantitative estimate of drug-likeness (QED) is 0.572. The van der Waals surface area contributed by atoms with Gasteiger partial charge in [-0.15, -0.1) is 0 Å². The van der Waals surface area contributed by atoms with Crippen LogP contribution in [0.2, 0.25) is 0 Å². The maximum absolute atomic E-state index is 13.5. The van der Waals surface area contributed by atoms with Gasteiger partial charge in [-0.2, -0.15) is 0 Å². The lowest BCUT2D eigenvalue weighted by Crippen LogP contribution is -2.18. The molecular weight excluding hydrogens is 355 g/mol. The normalized spacial score (nSPS) is 11.0. The van der Waals surface area contributed by atoms with Crippen molar-refractivity contribution in [3.8, 4) is 0 Å². The molecule has 0 bridgehead atoms. The Morgan fingerprint density at radius 3 is 2.43 bits per heavy atom. The average Bonchev–Trinajstić information content (AvgIpc) is 2.90. The minimum absolute atomic E-state index is 0.291. The lowest BCUT2D eigenvalue weighted by atomic mass is 10.1. The van der Waals surface area contributed by atoms with Crippen LogP contribution in [-0.4, -0.2) is 22.2 Å². The van der Waals surface area contributed by atoms with Crippen LogP contribution in [0.1, 0.15) is 38.4 Å². The predicted octanol–water partition coefficient (Wildman–Crippen LogP) is 4.32. The second-order valence-corrected chi connectivity index (χ2v) is 6.96. The molecule has 4 nitrogen and oxygen atoms in total. The van der Waals surface area contributed by atoms with E-state index in [0.29, 0.717) is 24.3 Å². The molecule has 1 heterocycles. The molecule has 0 amide bonds. The van der Waals surface area contributed by atoms with E-state index in [4.69, 9.17) is 0 Å². The van der Waals surface area contributed by atoms with E-state index >= 15 is 0 Å². The number of halogens is 1. The van der Waals surface area contributed by atoms with Crippen LogP contribution in [0.5, 0.6) is 0 Å². The highest BCUT2D eigenvalue weighted by atomic mass is 19.1. The summed E-state index contributed by atoms with van der Waals surface area (Å²) in [6, 6.07) is 16.6. The molecule has 0 aliphatic carbocycles. The van der Waals surface area contributed by atoms with E-state index in [1.54, 1.807) is 6.07 Å². The van der Waals surface area contributed by atoms with Crippen molar-refractivity contribution in [2.75, 3.05) is 6.54 Å². The van der Waals surface area contributed by atoms with Crippen LogP contribution in [-0.2, 0) is 19.5 Å². The second-order valence-electron chi connectivity index (χ2n) is 6.96. The van der Waals surface area contributed by atoms with Gasteiger partial charge in [-0.3, -0.25) is 0 Å². The van der Waals surface area contributed by atoms with Crippen molar-refractivity contribution in [3.05, 3.63) is 94.1 Å². The highest BCUT2D eigenvalue weighted by molar-refractivity contribution is 5.91. The summed E-state index contributed by atoms with van der Waals surface area (Å²) in [5.41, 5.74) is 4.75. The number of carboxylic acids is 1. The first-order chi connectivity index (χ1) is 13.5. The van der Waals surface area contributed by atoms with Gasteiger partial charge in [0.15, 0.2) is 0 Å². The number of carbonyl (C=O) groups is 1. The van der Waals surface area contributed by atoms with Crippen LogP contribution in [0.15, 0.2) is 54.6 Å². The molecule has 0 atom stereocenters. The first-order valence-electron chi connectivity index (χ1n) is 9.38. The fourth-order valence-corrected chi connectivity index (χ4v) is 3.59. The fraction of sp³-hybridized carbons (Fsp3) is 0.261. The van der Waals surface area contributed by atoms with Crippen molar-refractivity contribution in [3.63, 3.8) is 0 Å².